The van der Waals surface area contributed by atoms with E-state index >= 15 is 0 Å². The summed E-state index contributed by atoms with van der Waals surface area (Å²) < 4.78 is 43.1. The monoisotopic (exact) mass is 486 g/mol. The summed E-state index contributed by atoms with van der Waals surface area (Å²) in [6, 6.07) is 9.19. The lowest BCUT2D eigenvalue weighted by molar-refractivity contribution is 0.0515. The molecular formula is C24H26N2O7S. The van der Waals surface area contributed by atoms with Crippen molar-refractivity contribution in [2.24, 2.45) is 0 Å². The highest BCUT2D eigenvalue weighted by atomic mass is 32.2. The van der Waals surface area contributed by atoms with Crippen LogP contribution in [0.2, 0.25) is 0 Å². The molecule has 0 spiro atoms. The molecule has 0 bridgehead atoms. The maximum Gasteiger partial charge on any atom is 0.362 e. The second-order valence-corrected chi connectivity index (χ2v) is 9.19. The van der Waals surface area contributed by atoms with Crippen LogP contribution in [-0.4, -0.2) is 37.9 Å². The largest absolute Gasteiger partial charge is 0.496 e. The van der Waals surface area contributed by atoms with Gasteiger partial charge < -0.3 is 13.7 Å². The Hall–Kier alpha value is -3.66. The van der Waals surface area contributed by atoms with E-state index in [9.17, 15) is 18.0 Å². The number of carbonyl (C=O) groups is 1. The van der Waals surface area contributed by atoms with Crippen LogP contribution in [0.4, 0.5) is 0 Å². The molecule has 9 nitrogen and oxygen atoms in total. The summed E-state index contributed by atoms with van der Waals surface area (Å²) in [6.45, 7) is 8.56. The first-order valence-electron chi connectivity index (χ1n) is 10.5. The summed E-state index contributed by atoms with van der Waals surface area (Å²) in [5.41, 5.74) is 1.88. The predicted molar refractivity (Wildman–Crippen MR) is 126 cm³/mol. The Kier molecular flexibility index (Phi) is 7.11. The third-order valence-electron chi connectivity index (χ3n) is 5.30. The van der Waals surface area contributed by atoms with Crippen molar-refractivity contribution in [2.75, 3.05) is 13.7 Å². The van der Waals surface area contributed by atoms with E-state index in [4.69, 9.17) is 13.7 Å². The molecule has 180 valence electrons. The Morgan fingerprint density at radius 1 is 1.03 bits per heavy atom. The Labute approximate surface area is 198 Å². The third-order valence-corrected chi connectivity index (χ3v) is 6.66. The number of benzene rings is 2. The Balaban J connectivity index is 2.16. The average Bonchev–Trinajstić information content (AvgIpc) is 2.77. The number of hydrogen-bond donors (Lipinski definition) is 0. The molecule has 0 radical (unpaired) electrons. The van der Waals surface area contributed by atoms with E-state index in [2.05, 4.69) is 5.10 Å². The van der Waals surface area contributed by atoms with E-state index < -0.39 is 33.1 Å². The fraction of sp³-hybridized carbons (Fsp3) is 0.292. The minimum atomic E-state index is -4.44. The van der Waals surface area contributed by atoms with Gasteiger partial charge in [0.05, 0.1) is 25.5 Å². The molecule has 1 aromatic heterocycles. The molecule has 0 atom stereocenters. The summed E-state index contributed by atoms with van der Waals surface area (Å²) in [6.07, 6.45) is 0. The molecule has 0 aliphatic heterocycles. The average molecular weight is 487 g/mol. The van der Waals surface area contributed by atoms with Crippen LogP contribution >= 0.6 is 0 Å². The summed E-state index contributed by atoms with van der Waals surface area (Å²) >= 11 is 0. The van der Waals surface area contributed by atoms with Crippen molar-refractivity contribution in [3.63, 3.8) is 0 Å². The maximum atomic E-state index is 13.2. The van der Waals surface area contributed by atoms with Crippen LogP contribution in [0.15, 0.2) is 46.1 Å². The smallest absolute Gasteiger partial charge is 0.362 e. The number of aryl methyl sites for hydroxylation is 2. The van der Waals surface area contributed by atoms with Crippen molar-refractivity contribution in [3.05, 3.63) is 74.7 Å². The first kappa shape index (κ1) is 25.0. The van der Waals surface area contributed by atoms with E-state index in [-0.39, 0.29) is 11.5 Å². The summed E-state index contributed by atoms with van der Waals surface area (Å²) in [7, 11) is -2.94. The van der Waals surface area contributed by atoms with Crippen molar-refractivity contribution in [1.82, 2.24) is 9.78 Å². The van der Waals surface area contributed by atoms with Gasteiger partial charge in [0.2, 0.25) is 5.69 Å². The lowest BCUT2D eigenvalue weighted by Crippen LogP contribution is -2.26. The zero-order valence-corrected chi connectivity index (χ0v) is 20.6. The number of carbonyl (C=O) groups excluding carboxylic acids is 1. The first-order chi connectivity index (χ1) is 16.0. The van der Waals surface area contributed by atoms with Gasteiger partial charge in [0.15, 0.2) is 5.75 Å². The van der Waals surface area contributed by atoms with E-state index in [1.165, 1.54) is 13.2 Å². The van der Waals surface area contributed by atoms with E-state index in [0.29, 0.717) is 28.1 Å². The molecule has 10 heteroatoms. The van der Waals surface area contributed by atoms with E-state index in [1.54, 1.807) is 52.0 Å². The molecule has 3 rings (SSSR count). The predicted octanol–water partition coefficient (Wildman–Crippen LogP) is 3.42. The van der Waals surface area contributed by atoms with Gasteiger partial charge in [-0.1, -0.05) is 17.7 Å². The molecular weight excluding hydrogens is 460 g/mol. The molecule has 0 N–H and O–H groups in total. The van der Waals surface area contributed by atoms with E-state index in [1.807, 2.05) is 6.92 Å². The van der Waals surface area contributed by atoms with Crippen LogP contribution in [0, 0.1) is 27.7 Å². The molecule has 0 saturated carbocycles. The van der Waals surface area contributed by atoms with Gasteiger partial charge in [0.25, 0.3) is 5.56 Å². The Bertz CT molecular complexity index is 1410. The fourth-order valence-corrected chi connectivity index (χ4v) is 4.78. The zero-order chi connectivity index (χ0) is 25.2. The normalized spacial score (nSPS) is 11.2. The molecule has 0 fully saturated rings. The van der Waals surface area contributed by atoms with Gasteiger partial charge in [-0.15, -0.1) is 0 Å². The minimum Gasteiger partial charge on any atom is -0.496 e. The van der Waals surface area contributed by atoms with Crippen LogP contribution in [0.1, 0.15) is 39.7 Å². The fourth-order valence-electron chi connectivity index (χ4n) is 3.47. The topological polar surface area (TPSA) is 114 Å². The molecule has 0 saturated heterocycles. The van der Waals surface area contributed by atoms with Crippen molar-refractivity contribution >= 4 is 16.1 Å². The van der Waals surface area contributed by atoms with Crippen molar-refractivity contribution < 1.29 is 26.9 Å². The first-order valence-corrected chi connectivity index (χ1v) is 11.9. The van der Waals surface area contributed by atoms with Crippen LogP contribution in [0.25, 0.3) is 5.69 Å². The van der Waals surface area contributed by atoms with Crippen LogP contribution in [-0.2, 0) is 14.9 Å². The van der Waals surface area contributed by atoms with Crippen LogP contribution in [0.3, 0.4) is 0 Å². The van der Waals surface area contributed by atoms with Crippen molar-refractivity contribution in [1.29, 1.82) is 0 Å². The number of aromatic nitrogens is 2. The van der Waals surface area contributed by atoms with Gasteiger partial charge >= 0.3 is 16.1 Å². The molecule has 34 heavy (non-hydrogen) atoms. The van der Waals surface area contributed by atoms with Gasteiger partial charge in [-0.3, -0.25) is 4.79 Å². The van der Waals surface area contributed by atoms with Gasteiger partial charge in [-0.05, 0) is 69.5 Å². The van der Waals surface area contributed by atoms with Gasteiger partial charge in [-0.2, -0.15) is 18.2 Å². The Morgan fingerprint density at radius 2 is 1.68 bits per heavy atom. The Morgan fingerprint density at radius 3 is 2.26 bits per heavy atom. The second kappa shape index (κ2) is 9.68. The summed E-state index contributed by atoms with van der Waals surface area (Å²) in [4.78, 5) is 25.3. The highest BCUT2D eigenvalue weighted by Gasteiger charge is 2.28. The standard InChI is InChI=1S/C24H26N2O7S/c1-7-32-24(28)22-19(13-21(27)26(25-22)18-10-8-14(2)9-11-18)33-34(29,30)20-12-15(3)23(31-6)17(5)16(20)4/h8-13H,7H2,1-6H3. The lowest BCUT2D eigenvalue weighted by atomic mass is 10.1. The molecule has 0 unspecified atom stereocenters. The molecule has 0 amide bonds. The van der Waals surface area contributed by atoms with Gasteiger partial charge in [0.1, 0.15) is 10.6 Å². The third kappa shape index (κ3) is 4.81. The molecule has 1 heterocycles. The number of esters is 1. The SMILES string of the molecule is CCOC(=O)c1nn(-c2ccc(C)cc2)c(=O)cc1OS(=O)(=O)c1cc(C)c(OC)c(C)c1C. The number of methoxy groups -OCH3 is 1. The van der Waals surface area contributed by atoms with E-state index in [0.717, 1.165) is 16.3 Å². The van der Waals surface area contributed by atoms with Crippen molar-refractivity contribution in [3.8, 4) is 17.2 Å². The van der Waals surface area contributed by atoms with Crippen LogP contribution < -0.4 is 14.5 Å². The summed E-state index contributed by atoms with van der Waals surface area (Å²) in [5.74, 6) is -0.879. The summed E-state index contributed by atoms with van der Waals surface area (Å²) in [5, 5.41) is 4.07. The molecule has 3 aromatic rings. The molecule has 2 aromatic carbocycles. The quantitative estimate of drug-likeness (QED) is 0.369. The van der Waals surface area contributed by atoms with Crippen molar-refractivity contribution in [2.45, 2.75) is 39.5 Å². The number of ether oxygens (including phenoxy) is 2. The highest BCUT2D eigenvalue weighted by Crippen LogP contribution is 2.32. The number of nitrogens with zero attached hydrogens (tertiary/aromatic N) is 2. The minimum absolute atomic E-state index is 0.0202. The van der Waals surface area contributed by atoms with Crippen LogP contribution in [0.5, 0.6) is 11.5 Å². The molecule has 0 aliphatic rings. The number of hydrogen-bond acceptors (Lipinski definition) is 8. The second-order valence-electron chi connectivity index (χ2n) is 7.68. The molecule has 0 aliphatic carbocycles. The highest BCUT2D eigenvalue weighted by molar-refractivity contribution is 7.87. The van der Waals surface area contributed by atoms with Gasteiger partial charge in [0, 0.05) is 0 Å². The zero-order valence-electron chi connectivity index (χ0n) is 19.8. The maximum absolute atomic E-state index is 13.2. The lowest BCUT2D eigenvalue weighted by Gasteiger charge is -2.17. The number of rotatable bonds is 7. The van der Waals surface area contributed by atoms with Gasteiger partial charge in [-0.25, -0.2) is 4.79 Å².